The first kappa shape index (κ1) is 18.9. The van der Waals surface area contributed by atoms with E-state index in [-0.39, 0.29) is 13.0 Å². The van der Waals surface area contributed by atoms with Crippen molar-refractivity contribution in [3.8, 4) is 0 Å². The predicted octanol–water partition coefficient (Wildman–Crippen LogP) is 2.40. The number of piperidine rings is 1. The lowest BCUT2D eigenvalue weighted by Gasteiger charge is -2.30. The standard InChI is InChI=1S/C12H11F6NO4S/c13-11(14,15)10(12(16,17)18)23-9(22)6(24-10)5-8(21)19-4-2-1-3-7(19)20/h6H,1-5H2. The number of rotatable bonds is 2. The van der Waals surface area contributed by atoms with Gasteiger partial charge in [0.15, 0.2) is 0 Å². The van der Waals surface area contributed by atoms with Crippen LogP contribution in [-0.4, -0.2) is 51.8 Å². The minimum absolute atomic E-state index is 0.0216. The molecule has 2 aliphatic rings. The van der Waals surface area contributed by atoms with Crippen LogP contribution in [0.3, 0.4) is 0 Å². The summed E-state index contributed by atoms with van der Waals surface area (Å²) in [6.45, 7) is 0.0216. The average molecular weight is 379 g/mol. The highest BCUT2D eigenvalue weighted by Gasteiger charge is 2.79. The van der Waals surface area contributed by atoms with Gasteiger partial charge in [0, 0.05) is 19.4 Å². The molecule has 0 N–H and O–H groups in total. The van der Waals surface area contributed by atoms with Crippen LogP contribution in [0.1, 0.15) is 25.7 Å². The molecule has 0 aromatic rings. The lowest BCUT2D eigenvalue weighted by molar-refractivity contribution is -0.327. The largest absolute Gasteiger partial charge is 0.448 e. The molecule has 1 unspecified atom stereocenters. The number of hydrogen-bond donors (Lipinski definition) is 0. The Hall–Kier alpha value is -1.46. The molecule has 2 fully saturated rings. The summed E-state index contributed by atoms with van der Waals surface area (Å²) in [5.74, 6) is -3.35. The van der Waals surface area contributed by atoms with Crippen LogP contribution in [0, 0.1) is 0 Å². The molecule has 0 aromatic heterocycles. The number of thioether (sulfide) groups is 1. The van der Waals surface area contributed by atoms with E-state index in [1.165, 1.54) is 0 Å². The van der Waals surface area contributed by atoms with Crippen LogP contribution in [0.25, 0.3) is 0 Å². The zero-order valence-electron chi connectivity index (χ0n) is 11.9. The number of cyclic esters (lactones) is 1. The maximum absolute atomic E-state index is 12.8. The van der Waals surface area contributed by atoms with E-state index in [1.54, 1.807) is 0 Å². The fourth-order valence-corrected chi connectivity index (χ4v) is 3.52. The first-order chi connectivity index (χ1) is 10.9. The third-order valence-electron chi connectivity index (χ3n) is 3.55. The van der Waals surface area contributed by atoms with Crippen molar-refractivity contribution in [1.82, 2.24) is 4.90 Å². The second kappa shape index (κ2) is 6.12. The number of hydrogen-bond acceptors (Lipinski definition) is 5. The molecule has 2 heterocycles. The third-order valence-corrected chi connectivity index (χ3v) is 5.07. The third kappa shape index (κ3) is 3.20. The Morgan fingerprint density at radius 2 is 1.75 bits per heavy atom. The highest BCUT2D eigenvalue weighted by atomic mass is 32.2. The Labute approximate surface area is 135 Å². The SMILES string of the molecule is O=C1OC(C(F)(F)F)(C(F)(F)F)SC1CC(=O)N1CCCCC1=O. The Morgan fingerprint density at radius 1 is 1.17 bits per heavy atom. The number of nitrogens with zero attached hydrogens (tertiary/aromatic N) is 1. The molecule has 5 nitrogen and oxygen atoms in total. The number of carbonyl (C=O) groups is 3. The number of esters is 1. The molecule has 2 aliphatic heterocycles. The minimum Gasteiger partial charge on any atom is -0.428 e. The number of alkyl halides is 6. The van der Waals surface area contributed by atoms with Gasteiger partial charge in [0.2, 0.25) is 11.8 Å². The molecule has 0 radical (unpaired) electrons. The lowest BCUT2D eigenvalue weighted by Crippen LogP contribution is -2.54. The Morgan fingerprint density at radius 3 is 2.21 bits per heavy atom. The number of ether oxygens (including phenoxy) is 1. The van der Waals surface area contributed by atoms with Crippen LogP contribution in [-0.2, 0) is 19.1 Å². The van der Waals surface area contributed by atoms with E-state index in [0.29, 0.717) is 12.8 Å². The quantitative estimate of drug-likeness (QED) is 0.545. The van der Waals surface area contributed by atoms with Gasteiger partial charge in [-0.2, -0.15) is 26.3 Å². The summed E-state index contributed by atoms with van der Waals surface area (Å²) < 4.78 is 80.7. The minimum atomic E-state index is -5.90. The molecule has 2 rings (SSSR count). The van der Waals surface area contributed by atoms with Crippen LogP contribution in [0.2, 0.25) is 0 Å². The monoisotopic (exact) mass is 379 g/mol. The summed E-state index contributed by atoms with van der Waals surface area (Å²) in [5, 5.41) is -1.99. The van der Waals surface area contributed by atoms with Crippen LogP contribution in [0.5, 0.6) is 0 Å². The fourth-order valence-electron chi connectivity index (χ4n) is 2.35. The highest BCUT2D eigenvalue weighted by molar-refractivity contribution is 8.02. The Kier molecular flexibility index (Phi) is 4.81. The molecule has 2 amide bonds. The molecule has 12 heteroatoms. The summed E-state index contributed by atoms with van der Waals surface area (Å²) >= 11 is -0.807. The second-order valence-electron chi connectivity index (χ2n) is 5.24. The number of imide groups is 1. The number of carbonyl (C=O) groups excluding carboxylic acids is 3. The van der Waals surface area contributed by atoms with Gasteiger partial charge in [0.05, 0.1) is 0 Å². The van der Waals surface area contributed by atoms with E-state index in [2.05, 4.69) is 4.74 Å². The van der Waals surface area contributed by atoms with E-state index in [1.807, 2.05) is 0 Å². The van der Waals surface area contributed by atoms with Gasteiger partial charge < -0.3 is 4.74 Å². The highest BCUT2D eigenvalue weighted by Crippen LogP contribution is 2.58. The average Bonchev–Trinajstić information content (AvgIpc) is 2.77. The van der Waals surface area contributed by atoms with E-state index >= 15 is 0 Å². The molecule has 0 saturated carbocycles. The number of halogens is 6. The van der Waals surface area contributed by atoms with Crippen LogP contribution in [0.15, 0.2) is 0 Å². The Balaban J connectivity index is 2.17. The first-order valence-electron chi connectivity index (χ1n) is 6.76. The Bertz CT molecular complexity index is 547. The van der Waals surface area contributed by atoms with Crippen LogP contribution < -0.4 is 0 Å². The molecule has 0 spiro atoms. The summed E-state index contributed by atoms with van der Waals surface area (Å²) in [5.41, 5.74) is 0. The zero-order chi connectivity index (χ0) is 18.3. The summed E-state index contributed by atoms with van der Waals surface area (Å²) in [6.07, 6.45) is -11.7. The second-order valence-corrected chi connectivity index (χ2v) is 6.62. The topological polar surface area (TPSA) is 63.7 Å². The number of likely N-dealkylation sites (tertiary alicyclic amines) is 1. The molecule has 24 heavy (non-hydrogen) atoms. The summed E-state index contributed by atoms with van der Waals surface area (Å²) in [6, 6.07) is 0. The van der Waals surface area contributed by atoms with E-state index in [9.17, 15) is 40.7 Å². The first-order valence-corrected chi connectivity index (χ1v) is 7.64. The van der Waals surface area contributed by atoms with Crippen LogP contribution >= 0.6 is 11.8 Å². The maximum Gasteiger partial charge on any atom is 0.448 e. The lowest BCUT2D eigenvalue weighted by atomic mass is 10.1. The van der Waals surface area contributed by atoms with E-state index in [4.69, 9.17) is 0 Å². The molecule has 1 atom stereocenters. The zero-order valence-corrected chi connectivity index (χ0v) is 12.7. The van der Waals surface area contributed by atoms with Crippen molar-refractivity contribution in [1.29, 1.82) is 0 Å². The van der Waals surface area contributed by atoms with Gasteiger partial charge in [-0.05, 0) is 12.8 Å². The molecule has 0 aliphatic carbocycles. The van der Waals surface area contributed by atoms with Crippen molar-refractivity contribution in [2.45, 2.75) is 48.2 Å². The van der Waals surface area contributed by atoms with Crippen molar-refractivity contribution in [2.75, 3.05) is 6.54 Å². The number of amides is 2. The molecular formula is C12H11F6NO4S. The van der Waals surface area contributed by atoms with E-state index < -0.39 is 58.5 Å². The van der Waals surface area contributed by atoms with Crippen molar-refractivity contribution in [3.63, 3.8) is 0 Å². The van der Waals surface area contributed by atoms with Crippen LogP contribution in [0.4, 0.5) is 26.3 Å². The fraction of sp³-hybridized carbons (Fsp3) is 0.750. The molecule has 2 saturated heterocycles. The summed E-state index contributed by atoms with van der Waals surface area (Å²) in [4.78, 5) is 31.0. The van der Waals surface area contributed by atoms with Gasteiger partial charge in [-0.25, -0.2) is 0 Å². The van der Waals surface area contributed by atoms with Gasteiger partial charge in [-0.3, -0.25) is 19.3 Å². The van der Waals surface area contributed by atoms with Crippen molar-refractivity contribution < 1.29 is 45.5 Å². The summed E-state index contributed by atoms with van der Waals surface area (Å²) in [7, 11) is 0. The van der Waals surface area contributed by atoms with Gasteiger partial charge in [-0.15, -0.1) is 0 Å². The molecule has 136 valence electrons. The van der Waals surface area contributed by atoms with Gasteiger partial charge in [-0.1, -0.05) is 11.8 Å². The van der Waals surface area contributed by atoms with E-state index in [0.717, 1.165) is 4.90 Å². The van der Waals surface area contributed by atoms with Crippen molar-refractivity contribution in [3.05, 3.63) is 0 Å². The molecule has 0 bridgehead atoms. The van der Waals surface area contributed by atoms with Crippen molar-refractivity contribution >= 4 is 29.5 Å². The normalized spacial score (nSPS) is 24.9. The predicted molar refractivity (Wildman–Crippen MR) is 67.5 cm³/mol. The maximum atomic E-state index is 12.8. The smallest absolute Gasteiger partial charge is 0.428 e. The molecule has 0 aromatic carbocycles. The van der Waals surface area contributed by atoms with Gasteiger partial charge in [0.25, 0.3) is 0 Å². The van der Waals surface area contributed by atoms with Gasteiger partial charge >= 0.3 is 23.3 Å². The van der Waals surface area contributed by atoms with Crippen molar-refractivity contribution in [2.24, 2.45) is 0 Å². The molecular weight excluding hydrogens is 368 g/mol. The van der Waals surface area contributed by atoms with Gasteiger partial charge in [0.1, 0.15) is 5.25 Å².